The number of benzene rings is 1. The van der Waals surface area contributed by atoms with Gasteiger partial charge in [0.05, 0.1) is 6.61 Å². The lowest BCUT2D eigenvalue weighted by molar-refractivity contribution is -0.112. The molecule has 0 aromatic heterocycles. The Morgan fingerprint density at radius 2 is 1.85 bits per heavy atom. The van der Waals surface area contributed by atoms with Crippen molar-refractivity contribution in [2.75, 3.05) is 44.6 Å². The second kappa shape index (κ2) is 9.95. The summed E-state index contributed by atoms with van der Waals surface area (Å²) >= 11 is 0. The molecule has 1 amide bonds. The second-order valence-electron chi connectivity index (χ2n) is 6.37. The van der Waals surface area contributed by atoms with Crippen LogP contribution in [0.2, 0.25) is 0 Å². The molecule has 2 rings (SSSR count). The zero-order chi connectivity index (χ0) is 18.9. The Morgan fingerprint density at radius 3 is 2.35 bits per heavy atom. The van der Waals surface area contributed by atoms with Crippen molar-refractivity contribution in [1.82, 2.24) is 9.80 Å². The fourth-order valence-corrected chi connectivity index (χ4v) is 3.16. The molecular formula is C20H28N4O2. The summed E-state index contributed by atoms with van der Waals surface area (Å²) < 4.78 is 0. The lowest BCUT2D eigenvalue weighted by atomic mass is 10.0. The number of aliphatic hydroxyl groups is 1. The van der Waals surface area contributed by atoms with E-state index < -0.39 is 0 Å². The Hall–Kier alpha value is -2.36. The molecule has 1 heterocycles. The number of nitrogens with one attached hydrogen (secondary N) is 1. The highest BCUT2D eigenvalue weighted by Gasteiger charge is 2.18. The molecule has 26 heavy (non-hydrogen) atoms. The molecular weight excluding hydrogens is 328 g/mol. The fraction of sp³-hybridized carbons (Fsp3) is 0.500. The number of carbonyl (C=O) groups is 1. The highest BCUT2D eigenvalue weighted by Crippen LogP contribution is 2.23. The van der Waals surface area contributed by atoms with Gasteiger partial charge in [0, 0.05) is 44.6 Å². The van der Waals surface area contributed by atoms with Gasteiger partial charge in [-0.05, 0) is 24.0 Å². The minimum atomic E-state index is -0.360. The first-order valence-corrected chi connectivity index (χ1v) is 9.24. The average Bonchev–Trinajstić information content (AvgIpc) is 2.67. The van der Waals surface area contributed by atoms with E-state index in [1.165, 1.54) is 0 Å². The first-order valence-electron chi connectivity index (χ1n) is 9.24. The highest BCUT2D eigenvalue weighted by molar-refractivity contribution is 6.07. The zero-order valence-electron chi connectivity index (χ0n) is 15.7. The van der Waals surface area contributed by atoms with E-state index in [0.29, 0.717) is 6.54 Å². The average molecular weight is 356 g/mol. The van der Waals surface area contributed by atoms with Crippen LogP contribution in [0.5, 0.6) is 0 Å². The maximum absolute atomic E-state index is 12.6. The summed E-state index contributed by atoms with van der Waals surface area (Å²) in [6, 6.07) is 8.04. The number of aliphatic hydroxyl groups excluding tert-OH is 1. The number of amides is 1. The van der Waals surface area contributed by atoms with Gasteiger partial charge in [0.2, 0.25) is 0 Å². The summed E-state index contributed by atoms with van der Waals surface area (Å²) in [6.45, 7) is 8.03. The van der Waals surface area contributed by atoms with Crippen LogP contribution < -0.4 is 5.32 Å². The van der Waals surface area contributed by atoms with Crippen LogP contribution in [-0.4, -0.2) is 60.1 Å². The van der Waals surface area contributed by atoms with Gasteiger partial charge in [0.15, 0.2) is 0 Å². The zero-order valence-corrected chi connectivity index (χ0v) is 15.7. The predicted octanol–water partition coefficient (Wildman–Crippen LogP) is 1.77. The van der Waals surface area contributed by atoms with Gasteiger partial charge in [0.1, 0.15) is 11.6 Å². The standard InChI is InChI=1S/C20H28N4O2/c1-3-16-6-5-7-17(4-2)19(16)22-20(26)18(14-21)15-24-10-8-23(9-11-24)12-13-25/h5-7,15,25H,3-4,8-13H2,1-2H3,(H,22,26)/b18-15-. The van der Waals surface area contributed by atoms with Gasteiger partial charge in [-0.15, -0.1) is 0 Å². The number of para-hydroxylation sites is 1. The van der Waals surface area contributed by atoms with E-state index in [1.807, 2.05) is 29.2 Å². The number of aryl methyl sites for hydroxylation is 2. The lowest BCUT2D eigenvalue weighted by Gasteiger charge is -2.33. The van der Waals surface area contributed by atoms with Crippen molar-refractivity contribution in [3.05, 3.63) is 41.1 Å². The molecule has 1 aromatic rings. The van der Waals surface area contributed by atoms with Gasteiger partial charge < -0.3 is 15.3 Å². The summed E-state index contributed by atoms with van der Waals surface area (Å²) in [5, 5.41) is 21.4. The fourth-order valence-electron chi connectivity index (χ4n) is 3.16. The topological polar surface area (TPSA) is 79.6 Å². The molecule has 1 fully saturated rings. The number of anilines is 1. The lowest BCUT2D eigenvalue weighted by Crippen LogP contribution is -2.45. The Morgan fingerprint density at radius 1 is 1.23 bits per heavy atom. The molecule has 140 valence electrons. The van der Waals surface area contributed by atoms with Crippen molar-refractivity contribution < 1.29 is 9.90 Å². The molecule has 6 heteroatoms. The summed E-state index contributed by atoms with van der Waals surface area (Å²) in [4.78, 5) is 16.8. The van der Waals surface area contributed by atoms with E-state index in [2.05, 4.69) is 24.1 Å². The molecule has 0 unspecified atom stereocenters. The molecule has 0 atom stereocenters. The number of piperazine rings is 1. The third-order valence-electron chi connectivity index (χ3n) is 4.74. The molecule has 1 aliphatic heterocycles. The molecule has 0 spiro atoms. The number of nitriles is 1. The first-order chi connectivity index (χ1) is 12.6. The molecule has 1 saturated heterocycles. The molecule has 0 bridgehead atoms. The van der Waals surface area contributed by atoms with Crippen LogP contribution >= 0.6 is 0 Å². The van der Waals surface area contributed by atoms with Gasteiger partial charge >= 0.3 is 0 Å². The van der Waals surface area contributed by atoms with Crippen LogP contribution in [0.15, 0.2) is 30.0 Å². The second-order valence-corrected chi connectivity index (χ2v) is 6.37. The van der Waals surface area contributed by atoms with Gasteiger partial charge in [-0.2, -0.15) is 5.26 Å². The number of hydrogen-bond donors (Lipinski definition) is 2. The minimum Gasteiger partial charge on any atom is -0.395 e. The van der Waals surface area contributed by atoms with Crippen LogP contribution in [0, 0.1) is 11.3 Å². The largest absolute Gasteiger partial charge is 0.395 e. The van der Waals surface area contributed by atoms with Gasteiger partial charge in [-0.1, -0.05) is 32.0 Å². The smallest absolute Gasteiger partial charge is 0.267 e. The Bertz CT molecular complexity index is 663. The summed E-state index contributed by atoms with van der Waals surface area (Å²) in [5.74, 6) is -0.360. The maximum atomic E-state index is 12.6. The van der Waals surface area contributed by atoms with Crippen molar-refractivity contribution in [1.29, 1.82) is 5.26 Å². The van der Waals surface area contributed by atoms with E-state index >= 15 is 0 Å². The molecule has 1 aromatic carbocycles. The van der Waals surface area contributed by atoms with Crippen molar-refractivity contribution in [3.8, 4) is 6.07 Å². The molecule has 6 nitrogen and oxygen atoms in total. The number of hydrogen-bond acceptors (Lipinski definition) is 5. The van der Waals surface area contributed by atoms with Crippen LogP contribution in [-0.2, 0) is 17.6 Å². The van der Waals surface area contributed by atoms with Gasteiger partial charge in [-0.3, -0.25) is 9.69 Å². The molecule has 1 aliphatic rings. The van der Waals surface area contributed by atoms with Crippen molar-refractivity contribution in [2.45, 2.75) is 26.7 Å². The third kappa shape index (κ3) is 5.07. The molecule has 0 aliphatic carbocycles. The maximum Gasteiger partial charge on any atom is 0.267 e. The van der Waals surface area contributed by atoms with Crippen LogP contribution in [0.1, 0.15) is 25.0 Å². The quantitative estimate of drug-likeness (QED) is 0.575. The van der Waals surface area contributed by atoms with Gasteiger partial charge in [-0.25, -0.2) is 0 Å². The van der Waals surface area contributed by atoms with E-state index in [9.17, 15) is 10.1 Å². The molecule has 0 radical (unpaired) electrons. The summed E-state index contributed by atoms with van der Waals surface area (Å²) in [7, 11) is 0. The van der Waals surface area contributed by atoms with E-state index in [-0.39, 0.29) is 18.1 Å². The minimum absolute atomic E-state index is 0.119. The Labute approximate surface area is 155 Å². The summed E-state index contributed by atoms with van der Waals surface area (Å²) in [5.41, 5.74) is 3.10. The van der Waals surface area contributed by atoms with Crippen LogP contribution in [0.25, 0.3) is 0 Å². The Kier molecular flexibility index (Phi) is 7.64. The number of carbonyl (C=O) groups excluding carboxylic acids is 1. The predicted molar refractivity (Wildman–Crippen MR) is 103 cm³/mol. The number of nitrogens with zero attached hydrogens (tertiary/aromatic N) is 3. The van der Waals surface area contributed by atoms with Crippen LogP contribution in [0.4, 0.5) is 5.69 Å². The highest BCUT2D eigenvalue weighted by atomic mass is 16.3. The molecule has 2 N–H and O–H groups in total. The van der Waals surface area contributed by atoms with Crippen molar-refractivity contribution in [2.24, 2.45) is 0 Å². The van der Waals surface area contributed by atoms with Crippen molar-refractivity contribution in [3.63, 3.8) is 0 Å². The third-order valence-corrected chi connectivity index (χ3v) is 4.74. The first kappa shape index (κ1) is 20.0. The number of rotatable bonds is 7. The SMILES string of the molecule is CCc1cccc(CC)c1NC(=O)/C(C#N)=C\N1CCN(CCO)CC1. The normalized spacial score (nSPS) is 15.6. The van der Waals surface area contributed by atoms with Crippen LogP contribution in [0.3, 0.4) is 0 Å². The van der Waals surface area contributed by atoms with E-state index in [1.54, 1.807) is 6.20 Å². The molecule has 0 saturated carbocycles. The van der Waals surface area contributed by atoms with E-state index in [4.69, 9.17) is 5.11 Å². The number of β-amino-alcohol motifs (C(OH)–C–C–N with tert-alkyl or cyclic N) is 1. The summed E-state index contributed by atoms with van der Waals surface area (Å²) in [6.07, 6.45) is 3.30. The Balaban J connectivity index is 2.09. The van der Waals surface area contributed by atoms with Gasteiger partial charge in [0.25, 0.3) is 5.91 Å². The van der Waals surface area contributed by atoms with Crippen molar-refractivity contribution >= 4 is 11.6 Å². The monoisotopic (exact) mass is 356 g/mol. The van der Waals surface area contributed by atoms with E-state index in [0.717, 1.165) is 55.8 Å².